The largest absolute Gasteiger partial charge is 0.354 e. The standard InChI is InChI=1S/C24H30ClN7OS2/c1-15-5-4-6-18(25)22(15)30-23(33)19-14-26-24(35-19)29-20-13-21(28-17(3)27-20)32-11-9-31(10-12-32)8-7-16(2)34/h4-6,13-14,16,34H,7-12H2,1-3H3,(H,30,33)(H,26,27,28,29). The van der Waals surface area contributed by atoms with Crippen LogP contribution in [-0.4, -0.2) is 63.7 Å². The lowest BCUT2D eigenvalue weighted by molar-refractivity contribution is 0.103. The smallest absolute Gasteiger partial charge is 0.267 e. The molecule has 186 valence electrons. The molecule has 1 fully saturated rings. The monoisotopic (exact) mass is 531 g/mol. The number of piperazine rings is 1. The number of carbonyl (C=O) groups is 1. The average Bonchev–Trinajstić information content (AvgIpc) is 3.28. The number of aromatic nitrogens is 3. The van der Waals surface area contributed by atoms with Crippen LogP contribution in [0.2, 0.25) is 5.02 Å². The molecule has 11 heteroatoms. The molecule has 1 aliphatic heterocycles. The number of benzene rings is 1. The molecule has 1 aromatic carbocycles. The van der Waals surface area contributed by atoms with Crippen LogP contribution in [0.4, 0.5) is 22.5 Å². The number of thiazole rings is 1. The van der Waals surface area contributed by atoms with Crippen LogP contribution >= 0.6 is 35.6 Å². The number of hydrogen-bond donors (Lipinski definition) is 3. The Morgan fingerprint density at radius 2 is 2.00 bits per heavy atom. The van der Waals surface area contributed by atoms with Gasteiger partial charge >= 0.3 is 0 Å². The van der Waals surface area contributed by atoms with Crippen LogP contribution in [0.25, 0.3) is 0 Å². The maximum Gasteiger partial charge on any atom is 0.267 e. The van der Waals surface area contributed by atoms with E-state index in [1.54, 1.807) is 12.3 Å². The van der Waals surface area contributed by atoms with Crippen molar-refractivity contribution in [2.75, 3.05) is 48.3 Å². The Kier molecular flexibility index (Phi) is 8.48. The molecule has 35 heavy (non-hydrogen) atoms. The lowest BCUT2D eigenvalue weighted by Gasteiger charge is -2.35. The van der Waals surface area contributed by atoms with Gasteiger partial charge in [0.2, 0.25) is 0 Å². The number of amides is 1. The third kappa shape index (κ3) is 6.84. The molecule has 2 aromatic heterocycles. The van der Waals surface area contributed by atoms with Gasteiger partial charge in [0.25, 0.3) is 5.91 Å². The fourth-order valence-electron chi connectivity index (χ4n) is 3.86. The zero-order valence-electron chi connectivity index (χ0n) is 20.1. The summed E-state index contributed by atoms with van der Waals surface area (Å²) in [7, 11) is 0. The number of halogens is 1. The van der Waals surface area contributed by atoms with Crippen LogP contribution in [0.3, 0.4) is 0 Å². The van der Waals surface area contributed by atoms with E-state index in [4.69, 9.17) is 11.6 Å². The number of anilines is 4. The first-order chi connectivity index (χ1) is 16.8. The number of carbonyl (C=O) groups excluding carboxylic acids is 1. The summed E-state index contributed by atoms with van der Waals surface area (Å²) in [5.74, 6) is 1.98. The van der Waals surface area contributed by atoms with Gasteiger partial charge in [-0.15, -0.1) is 0 Å². The van der Waals surface area contributed by atoms with E-state index in [2.05, 4.69) is 54.9 Å². The molecular weight excluding hydrogens is 502 g/mol. The van der Waals surface area contributed by atoms with Crippen LogP contribution in [0.15, 0.2) is 30.5 Å². The topological polar surface area (TPSA) is 86.3 Å². The Morgan fingerprint density at radius 3 is 2.71 bits per heavy atom. The van der Waals surface area contributed by atoms with Gasteiger partial charge in [-0.25, -0.2) is 15.0 Å². The van der Waals surface area contributed by atoms with Crippen LogP contribution in [-0.2, 0) is 0 Å². The molecule has 1 atom stereocenters. The van der Waals surface area contributed by atoms with Gasteiger partial charge in [0.1, 0.15) is 22.3 Å². The molecule has 1 saturated heterocycles. The number of aryl methyl sites for hydroxylation is 2. The van der Waals surface area contributed by atoms with Crippen molar-refractivity contribution >= 4 is 63.9 Å². The minimum absolute atomic E-state index is 0.253. The van der Waals surface area contributed by atoms with Crippen LogP contribution in [0.1, 0.15) is 34.4 Å². The van der Waals surface area contributed by atoms with Crippen molar-refractivity contribution < 1.29 is 4.79 Å². The Hall–Kier alpha value is -2.40. The van der Waals surface area contributed by atoms with Gasteiger partial charge in [-0.05, 0) is 38.4 Å². The van der Waals surface area contributed by atoms with Crippen molar-refractivity contribution in [3.8, 4) is 0 Å². The van der Waals surface area contributed by atoms with Gasteiger partial charge in [-0.1, -0.05) is 42.0 Å². The predicted octanol–water partition coefficient (Wildman–Crippen LogP) is 5.03. The number of nitrogens with one attached hydrogen (secondary N) is 2. The molecule has 2 N–H and O–H groups in total. The van der Waals surface area contributed by atoms with Crippen LogP contribution in [0.5, 0.6) is 0 Å². The molecule has 1 aliphatic rings. The molecule has 0 aliphatic carbocycles. The van der Waals surface area contributed by atoms with Gasteiger partial charge in [0.15, 0.2) is 5.13 Å². The molecular formula is C24H30ClN7OS2. The fraction of sp³-hybridized carbons (Fsp3) is 0.417. The summed E-state index contributed by atoms with van der Waals surface area (Å²) in [4.78, 5) is 31.5. The highest BCUT2D eigenvalue weighted by molar-refractivity contribution is 7.80. The Labute approximate surface area is 220 Å². The highest BCUT2D eigenvalue weighted by Gasteiger charge is 2.20. The SMILES string of the molecule is Cc1nc(Nc2ncc(C(=O)Nc3c(C)cccc3Cl)s2)cc(N2CCN(CCC(C)S)CC2)n1. The molecule has 8 nitrogen and oxygen atoms in total. The normalized spacial score (nSPS) is 15.2. The maximum atomic E-state index is 12.7. The molecule has 3 heterocycles. The number of para-hydroxylation sites is 1. The van der Waals surface area contributed by atoms with E-state index >= 15 is 0 Å². The van der Waals surface area contributed by atoms with Crippen molar-refractivity contribution in [3.63, 3.8) is 0 Å². The second-order valence-corrected chi connectivity index (χ2v) is 11.0. The first kappa shape index (κ1) is 25.7. The summed E-state index contributed by atoms with van der Waals surface area (Å²) in [6.45, 7) is 10.8. The van der Waals surface area contributed by atoms with Crippen LogP contribution < -0.4 is 15.5 Å². The van der Waals surface area contributed by atoms with Crippen molar-refractivity contribution in [1.82, 2.24) is 19.9 Å². The zero-order chi connectivity index (χ0) is 24.9. The lowest BCUT2D eigenvalue weighted by Crippen LogP contribution is -2.47. The minimum atomic E-state index is -0.253. The molecule has 3 aromatic rings. The Morgan fingerprint density at radius 1 is 1.23 bits per heavy atom. The van der Waals surface area contributed by atoms with Gasteiger partial charge in [-0.2, -0.15) is 12.6 Å². The van der Waals surface area contributed by atoms with E-state index in [0.717, 1.165) is 50.5 Å². The number of rotatable bonds is 8. The van der Waals surface area contributed by atoms with E-state index in [9.17, 15) is 4.79 Å². The van der Waals surface area contributed by atoms with E-state index in [1.165, 1.54) is 11.3 Å². The van der Waals surface area contributed by atoms with Gasteiger partial charge in [0.05, 0.1) is 16.9 Å². The molecule has 4 rings (SSSR count). The second kappa shape index (κ2) is 11.6. The summed E-state index contributed by atoms with van der Waals surface area (Å²) in [6.07, 6.45) is 2.64. The average molecular weight is 532 g/mol. The molecule has 0 radical (unpaired) electrons. The number of hydrogen-bond acceptors (Lipinski definition) is 9. The molecule has 0 bridgehead atoms. The van der Waals surface area contributed by atoms with E-state index in [0.29, 0.717) is 37.6 Å². The first-order valence-electron chi connectivity index (χ1n) is 11.6. The lowest BCUT2D eigenvalue weighted by atomic mass is 10.2. The Bertz CT molecular complexity index is 1160. The third-order valence-electron chi connectivity index (χ3n) is 5.81. The maximum absolute atomic E-state index is 12.7. The summed E-state index contributed by atoms with van der Waals surface area (Å²) < 4.78 is 0. The van der Waals surface area contributed by atoms with Crippen molar-refractivity contribution in [3.05, 3.63) is 51.7 Å². The molecule has 1 unspecified atom stereocenters. The molecule has 1 amide bonds. The summed E-state index contributed by atoms with van der Waals surface area (Å²) in [5.41, 5.74) is 1.51. The fourth-order valence-corrected chi connectivity index (χ4v) is 4.96. The van der Waals surface area contributed by atoms with Gasteiger partial charge in [-0.3, -0.25) is 9.69 Å². The molecule has 0 spiro atoms. The van der Waals surface area contributed by atoms with Crippen molar-refractivity contribution in [2.45, 2.75) is 32.4 Å². The second-order valence-electron chi connectivity index (χ2n) is 8.67. The third-order valence-corrected chi connectivity index (χ3v) is 7.29. The number of thiol groups is 1. The zero-order valence-corrected chi connectivity index (χ0v) is 22.6. The minimum Gasteiger partial charge on any atom is -0.354 e. The van der Waals surface area contributed by atoms with Crippen molar-refractivity contribution in [2.24, 2.45) is 0 Å². The first-order valence-corrected chi connectivity index (χ1v) is 13.3. The highest BCUT2D eigenvalue weighted by Crippen LogP contribution is 2.28. The molecule has 0 saturated carbocycles. The summed E-state index contributed by atoms with van der Waals surface area (Å²) in [6, 6.07) is 7.44. The highest BCUT2D eigenvalue weighted by atomic mass is 35.5. The summed E-state index contributed by atoms with van der Waals surface area (Å²) >= 11 is 12.0. The van der Waals surface area contributed by atoms with E-state index < -0.39 is 0 Å². The predicted molar refractivity (Wildman–Crippen MR) is 148 cm³/mol. The van der Waals surface area contributed by atoms with E-state index in [-0.39, 0.29) is 5.91 Å². The van der Waals surface area contributed by atoms with Crippen LogP contribution in [0, 0.1) is 13.8 Å². The quantitative estimate of drug-likeness (QED) is 0.351. The van der Waals surface area contributed by atoms with Gasteiger partial charge < -0.3 is 15.5 Å². The Balaban J connectivity index is 1.39. The van der Waals surface area contributed by atoms with Gasteiger partial charge in [0, 0.05) is 37.5 Å². The van der Waals surface area contributed by atoms with Crippen molar-refractivity contribution in [1.29, 1.82) is 0 Å². The summed E-state index contributed by atoms with van der Waals surface area (Å²) in [5, 5.41) is 7.62. The van der Waals surface area contributed by atoms with E-state index in [1.807, 2.05) is 32.0 Å². The number of nitrogens with zero attached hydrogens (tertiary/aromatic N) is 5.